The smallest absolute Gasteiger partial charge is 0.227 e. The van der Waals surface area contributed by atoms with E-state index in [0.717, 1.165) is 11.1 Å². The van der Waals surface area contributed by atoms with Crippen LogP contribution in [0.25, 0.3) is 0 Å². The van der Waals surface area contributed by atoms with E-state index in [1.165, 1.54) is 0 Å². The van der Waals surface area contributed by atoms with Crippen LogP contribution in [0.5, 0.6) is 17.2 Å². The second kappa shape index (κ2) is 8.62. The van der Waals surface area contributed by atoms with Crippen molar-refractivity contribution >= 4 is 17.5 Å². The molecule has 0 unspecified atom stereocenters. The van der Waals surface area contributed by atoms with E-state index < -0.39 is 0 Å². The summed E-state index contributed by atoms with van der Waals surface area (Å²) in [6.45, 7) is 0.425. The Morgan fingerprint density at radius 2 is 1.68 bits per heavy atom. The van der Waals surface area contributed by atoms with Gasteiger partial charge in [0.2, 0.25) is 5.91 Å². The molecule has 0 aromatic heterocycles. The SMILES string of the molecule is COc1ccc(CN(C)C(=O)Cc2cc(Cl)ccc2OC)c(OC)c1. The lowest BCUT2D eigenvalue weighted by Gasteiger charge is -2.20. The summed E-state index contributed by atoms with van der Waals surface area (Å²) < 4.78 is 15.9. The van der Waals surface area contributed by atoms with Gasteiger partial charge >= 0.3 is 0 Å². The highest BCUT2D eigenvalue weighted by atomic mass is 35.5. The maximum atomic E-state index is 12.6. The molecule has 0 fully saturated rings. The van der Waals surface area contributed by atoms with Crippen LogP contribution in [0.4, 0.5) is 0 Å². The molecule has 0 N–H and O–H groups in total. The lowest BCUT2D eigenvalue weighted by molar-refractivity contribution is -0.129. The third-order valence-electron chi connectivity index (χ3n) is 3.91. The number of amides is 1. The summed E-state index contributed by atoms with van der Waals surface area (Å²) in [6.07, 6.45) is 0.207. The maximum absolute atomic E-state index is 12.6. The van der Waals surface area contributed by atoms with E-state index in [1.807, 2.05) is 12.1 Å². The highest BCUT2D eigenvalue weighted by Gasteiger charge is 2.16. The van der Waals surface area contributed by atoms with Crippen LogP contribution >= 0.6 is 11.6 Å². The summed E-state index contributed by atoms with van der Waals surface area (Å²) in [5, 5.41) is 0.572. The minimum atomic E-state index is -0.0431. The Hall–Kier alpha value is -2.40. The number of halogens is 1. The molecule has 0 aliphatic carbocycles. The highest BCUT2D eigenvalue weighted by molar-refractivity contribution is 6.30. The van der Waals surface area contributed by atoms with Crippen molar-refractivity contribution in [3.8, 4) is 17.2 Å². The van der Waals surface area contributed by atoms with Gasteiger partial charge in [-0.1, -0.05) is 11.6 Å². The van der Waals surface area contributed by atoms with Gasteiger partial charge < -0.3 is 19.1 Å². The largest absolute Gasteiger partial charge is 0.497 e. The van der Waals surface area contributed by atoms with E-state index in [-0.39, 0.29) is 12.3 Å². The zero-order chi connectivity index (χ0) is 18.4. The highest BCUT2D eigenvalue weighted by Crippen LogP contribution is 2.27. The second-order valence-corrected chi connectivity index (χ2v) is 6.00. The number of rotatable bonds is 7. The van der Waals surface area contributed by atoms with Crippen LogP contribution in [0.15, 0.2) is 36.4 Å². The maximum Gasteiger partial charge on any atom is 0.227 e. The molecular weight excluding hydrogens is 342 g/mol. The predicted octanol–water partition coefficient (Wildman–Crippen LogP) is 3.57. The molecule has 2 aromatic rings. The normalized spacial score (nSPS) is 10.3. The fourth-order valence-corrected chi connectivity index (χ4v) is 2.70. The summed E-state index contributed by atoms with van der Waals surface area (Å²) in [4.78, 5) is 14.2. The van der Waals surface area contributed by atoms with Gasteiger partial charge in [0.25, 0.3) is 0 Å². The Bertz CT molecular complexity index is 748. The quantitative estimate of drug-likeness (QED) is 0.754. The molecule has 5 nitrogen and oxygen atoms in total. The summed E-state index contributed by atoms with van der Waals surface area (Å²) >= 11 is 6.03. The molecule has 0 saturated heterocycles. The molecule has 0 bridgehead atoms. The lowest BCUT2D eigenvalue weighted by atomic mass is 10.1. The van der Waals surface area contributed by atoms with E-state index >= 15 is 0 Å². The van der Waals surface area contributed by atoms with Crippen LogP contribution < -0.4 is 14.2 Å². The molecule has 2 rings (SSSR count). The minimum absolute atomic E-state index is 0.0431. The standard InChI is InChI=1S/C19H22ClNO4/c1-21(12-13-5-7-16(23-2)11-18(13)25-4)19(22)10-14-9-15(20)6-8-17(14)24-3/h5-9,11H,10,12H2,1-4H3. The van der Waals surface area contributed by atoms with Crippen molar-refractivity contribution in [3.63, 3.8) is 0 Å². The number of carbonyl (C=O) groups excluding carboxylic acids is 1. The van der Waals surface area contributed by atoms with Crippen LogP contribution in [0, 0.1) is 0 Å². The first-order chi connectivity index (χ1) is 12.0. The fraction of sp³-hybridized carbons (Fsp3) is 0.316. The molecule has 0 aliphatic rings. The lowest BCUT2D eigenvalue weighted by Crippen LogP contribution is -2.28. The number of carbonyl (C=O) groups is 1. The Morgan fingerprint density at radius 3 is 2.32 bits per heavy atom. The monoisotopic (exact) mass is 363 g/mol. The van der Waals surface area contributed by atoms with E-state index in [4.69, 9.17) is 25.8 Å². The molecule has 2 aromatic carbocycles. The first-order valence-electron chi connectivity index (χ1n) is 7.75. The van der Waals surface area contributed by atoms with Gasteiger partial charge in [-0.3, -0.25) is 4.79 Å². The van der Waals surface area contributed by atoms with Gasteiger partial charge in [0.15, 0.2) is 0 Å². The zero-order valence-electron chi connectivity index (χ0n) is 14.8. The van der Waals surface area contributed by atoms with Crippen LogP contribution in [-0.2, 0) is 17.8 Å². The number of likely N-dealkylation sites (N-methyl/N-ethyl adjacent to an activating group) is 1. The molecule has 0 radical (unpaired) electrons. The average Bonchev–Trinajstić information content (AvgIpc) is 2.62. The van der Waals surface area contributed by atoms with Crippen LogP contribution in [0.1, 0.15) is 11.1 Å². The van der Waals surface area contributed by atoms with Gasteiger partial charge in [-0.25, -0.2) is 0 Å². The van der Waals surface area contributed by atoms with Crippen molar-refractivity contribution in [3.05, 3.63) is 52.5 Å². The van der Waals surface area contributed by atoms with Crippen LogP contribution in [0.3, 0.4) is 0 Å². The summed E-state index contributed by atoms with van der Waals surface area (Å²) in [5.41, 5.74) is 1.66. The van der Waals surface area contributed by atoms with Crippen molar-refractivity contribution in [2.45, 2.75) is 13.0 Å². The number of methoxy groups -OCH3 is 3. The zero-order valence-corrected chi connectivity index (χ0v) is 15.6. The van der Waals surface area contributed by atoms with Gasteiger partial charge in [-0.2, -0.15) is 0 Å². The van der Waals surface area contributed by atoms with Gasteiger partial charge in [-0.05, 0) is 30.3 Å². The number of ether oxygens (including phenoxy) is 3. The summed E-state index contributed by atoms with van der Waals surface area (Å²) in [6, 6.07) is 10.8. The number of benzene rings is 2. The molecular formula is C19H22ClNO4. The topological polar surface area (TPSA) is 48.0 Å². The van der Waals surface area contributed by atoms with Crippen molar-refractivity contribution in [1.82, 2.24) is 4.90 Å². The predicted molar refractivity (Wildman–Crippen MR) is 97.7 cm³/mol. The molecule has 0 spiro atoms. The van der Waals surface area contributed by atoms with Gasteiger partial charge in [-0.15, -0.1) is 0 Å². The summed E-state index contributed by atoms with van der Waals surface area (Å²) in [5.74, 6) is 1.99. The van der Waals surface area contributed by atoms with Gasteiger partial charge in [0.1, 0.15) is 17.2 Å². The molecule has 25 heavy (non-hydrogen) atoms. The minimum Gasteiger partial charge on any atom is -0.497 e. The van der Waals surface area contributed by atoms with E-state index in [9.17, 15) is 4.79 Å². The fourth-order valence-electron chi connectivity index (χ4n) is 2.51. The first-order valence-corrected chi connectivity index (χ1v) is 8.13. The molecule has 1 amide bonds. The number of hydrogen-bond donors (Lipinski definition) is 0. The average molecular weight is 364 g/mol. The van der Waals surface area contributed by atoms with Crippen molar-refractivity contribution in [1.29, 1.82) is 0 Å². The van der Waals surface area contributed by atoms with Crippen molar-refractivity contribution in [2.75, 3.05) is 28.4 Å². The molecule has 6 heteroatoms. The molecule has 0 atom stereocenters. The Balaban J connectivity index is 2.12. The van der Waals surface area contributed by atoms with E-state index in [1.54, 1.807) is 57.5 Å². The third kappa shape index (κ3) is 4.79. The molecule has 0 saturated carbocycles. The van der Waals surface area contributed by atoms with Crippen LogP contribution in [0.2, 0.25) is 5.02 Å². The van der Waals surface area contributed by atoms with Crippen LogP contribution in [-0.4, -0.2) is 39.2 Å². The van der Waals surface area contributed by atoms with E-state index in [0.29, 0.717) is 28.8 Å². The van der Waals surface area contributed by atoms with Gasteiger partial charge in [0.05, 0.1) is 27.8 Å². The number of hydrogen-bond acceptors (Lipinski definition) is 4. The third-order valence-corrected chi connectivity index (χ3v) is 4.15. The summed E-state index contributed by atoms with van der Waals surface area (Å²) in [7, 11) is 6.52. The number of nitrogens with zero attached hydrogens (tertiary/aromatic N) is 1. The van der Waals surface area contributed by atoms with Crippen molar-refractivity contribution < 1.29 is 19.0 Å². The molecule has 0 aliphatic heterocycles. The molecule has 0 heterocycles. The van der Waals surface area contributed by atoms with E-state index in [2.05, 4.69) is 0 Å². The Labute approximate surface area is 153 Å². The molecule has 134 valence electrons. The second-order valence-electron chi connectivity index (χ2n) is 5.56. The van der Waals surface area contributed by atoms with Crippen molar-refractivity contribution in [2.24, 2.45) is 0 Å². The Morgan fingerprint density at radius 1 is 0.960 bits per heavy atom. The Kier molecular flexibility index (Phi) is 6.53. The first kappa shape index (κ1) is 18.9. The van der Waals surface area contributed by atoms with Gasteiger partial charge in [0, 0.05) is 35.8 Å².